The van der Waals surface area contributed by atoms with E-state index in [1.54, 1.807) is 0 Å². The first-order valence-corrected chi connectivity index (χ1v) is 5.03. The lowest BCUT2D eigenvalue weighted by Crippen LogP contribution is -2.31. The third kappa shape index (κ3) is 3.59. The maximum atomic E-state index is 10.9. The third-order valence-electron chi connectivity index (χ3n) is 2.11. The summed E-state index contributed by atoms with van der Waals surface area (Å²) in [4.78, 5) is 20.9. The van der Waals surface area contributed by atoms with Crippen LogP contribution in [0.3, 0.4) is 0 Å². The van der Waals surface area contributed by atoms with Crippen molar-refractivity contribution in [2.24, 2.45) is 5.84 Å². The number of non-ortho nitro benzene ring substituents is 1. The zero-order valence-electron chi connectivity index (χ0n) is 9.71. The van der Waals surface area contributed by atoms with Crippen molar-refractivity contribution >= 4 is 11.6 Å². The number of nitro groups is 1. The van der Waals surface area contributed by atoms with Gasteiger partial charge < -0.3 is 9.47 Å². The average molecular weight is 255 g/mol. The first-order chi connectivity index (χ1) is 8.58. The second-order valence-corrected chi connectivity index (χ2v) is 3.26. The van der Waals surface area contributed by atoms with E-state index in [1.807, 2.05) is 5.43 Å². The number of nitrogens with two attached hydrogens (primary N) is 1. The van der Waals surface area contributed by atoms with Crippen LogP contribution in [0.1, 0.15) is 6.42 Å². The molecule has 0 saturated heterocycles. The number of carbonyl (C=O) groups is 1. The van der Waals surface area contributed by atoms with Crippen molar-refractivity contribution in [3.05, 3.63) is 28.3 Å². The molecule has 0 atom stereocenters. The lowest BCUT2D eigenvalue weighted by atomic mass is 10.3. The molecule has 0 spiro atoms. The highest BCUT2D eigenvalue weighted by atomic mass is 16.6. The Kier molecular flexibility index (Phi) is 4.88. The Morgan fingerprint density at radius 1 is 1.50 bits per heavy atom. The fourth-order valence-corrected chi connectivity index (χ4v) is 1.21. The molecule has 1 aromatic rings. The Morgan fingerprint density at radius 2 is 2.22 bits per heavy atom. The fraction of sp³-hybridized carbons (Fsp3) is 0.300. The van der Waals surface area contributed by atoms with Crippen molar-refractivity contribution in [2.75, 3.05) is 13.7 Å². The van der Waals surface area contributed by atoms with Crippen LogP contribution in [0.4, 0.5) is 5.69 Å². The molecular weight excluding hydrogens is 242 g/mol. The summed E-state index contributed by atoms with van der Waals surface area (Å²) in [5.41, 5.74) is 1.87. The molecular formula is C10H13N3O5. The van der Waals surface area contributed by atoms with Gasteiger partial charge in [-0.25, -0.2) is 5.84 Å². The number of hydrazine groups is 1. The van der Waals surface area contributed by atoms with Crippen LogP contribution in [-0.4, -0.2) is 24.5 Å². The maximum Gasteiger partial charge on any atom is 0.273 e. The summed E-state index contributed by atoms with van der Waals surface area (Å²) >= 11 is 0. The molecule has 0 unspecified atom stereocenters. The molecule has 0 radical (unpaired) electrons. The van der Waals surface area contributed by atoms with Crippen molar-refractivity contribution in [3.63, 3.8) is 0 Å². The van der Waals surface area contributed by atoms with E-state index in [2.05, 4.69) is 0 Å². The monoisotopic (exact) mass is 255 g/mol. The molecule has 0 aliphatic heterocycles. The minimum Gasteiger partial charge on any atom is -0.493 e. The summed E-state index contributed by atoms with van der Waals surface area (Å²) in [5.74, 6) is 5.10. The fourth-order valence-electron chi connectivity index (χ4n) is 1.21. The van der Waals surface area contributed by atoms with Crippen LogP contribution >= 0.6 is 0 Å². The Labute approximate surface area is 103 Å². The average Bonchev–Trinajstić information content (AvgIpc) is 2.38. The summed E-state index contributed by atoms with van der Waals surface area (Å²) in [5, 5.41) is 10.6. The van der Waals surface area contributed by atoms with E-state index in [0.29, 0.717) is 5.75 Å². The minimum atomic E-state index is -0.534. The molecule has 0 fully saturated rings. The van der Waals surface area contributed by atoms with Crippen LogP contribution in [0.2, 0.25) is 0 Å². The standard InChI is InChI=1S/C10H13N3O5/c1-17-9-6-7(13(15)16)2-3-8(9)18-5-4-10(14)12-11/h2-3,6H,4-5,11H2,1H3,(H,12,14). The first kappa shape index (κ1) is 13.7. The van der Waals surface area contributed by atoms with Crippen molar-refractivity contribution < 1.29 is 19.2 Å². The van der Waals surface area contributed by atoms with Crippen LogP contribution in [0.15, 0.2) is 18.2 Å². The van der Waals surface area contributed by atoms with Crippen LogP contribution in [0.25, 0.3) is 0 Å². The summed E-state index contributed by atoms with van der Waals surface area (Å²) in [7, 11) is 1.37. The van der Waals surface area contributed by atoms with Crippen molar-refractivity contribution in [3.8, 4) is 11.5 Å². The smallest absolute Gasteiger partial charge is 0.273 e. The Bertz CT molecular complexity index is 449. The molecule has 8 heteroatoms. The summed E-state index contributed by atoms with van der Waals surface area (Å²) in [6.07, 6.45) is 0.0800. The molecule has 0 saturated carbocycles. The SMILES string of the molecule is COc1cc([N+](=O)[O-])ccc1OCCC(=O)NN. The number of carbonyl (C=O) groups excluding carboxylic acids is 1. The van der Waals surface area contributed by atoms with Gasteiger partial charge in [-0.15, -0.1) is 0 Å². The Morgan fingerprint density at radius 3 is 2.78 bits per heavy atom. The first-order valence-electron chi connectivity index (χ1n) is 5.03. The number of nitrogens with zero attached hydrogens (tertiary/aromatic N) is 1. The number of ether oxygens (including phenoxy) is 2. The van der Waals surface area contributed by atoms with E-state index in [0.717, 1.165) is 0 Å². The van der Waals surface area contributed by atoms with Gasteiger partial charge in [0.25, 0.3) is 5.69 Å². The summed E-state index contributed by atoms with van der Waals surface area (Å²) < 4.78 is 10.2. The number of amides is 1. The van der Waals surface area contributed by atoms with E-state index in [-0.39, 0.29) is 30.4 Å². The van der Waals surface area contributed by atoms with Gasteiger partial charge in [-0.05, 0) is 6.07 Å². The molecule has 0 aliphatic carbocycles. The lowest BCUT2D eigenvalue weighted by molar-refractivity contribution is -0.385. The predicted molar refractivity (Wildman–Crippen MR) is 62.1 cm³/mol. The third-order valence-corrected chi connectivity index (χ3v) is 2.11. The zero-order chi connectivity index (χ0) is 13.5. The molecule has 1 rings (SSSR count). The van der Waals surface area contributed by atoms with Crippen molar-refractivity contribution in [1.82, 2.24) is 5.43 Å². The van der Waals surface area contributed by atoms with E-state index < -0.39 is 4.92 Å². The van der Waals surface area contributed by atoms with E-state index in [4.69, 9.17) is 15.3 Å². The lowest BCUT2D eigenvalue weighted by Gasteiger charge is -2.09. The van der Waals surface area contributed by atoms with Crippen LogP contribution in [0.5, 0.6) is 11.5 Å². The van der Waals surface area contributed by atoms with Crippen LogP contribution in [0, 0.1) is 10.1 Å². The van der Waals surface area contributed by atoms with Crippen molar-refractivity contribution in [1.29, 1.82) is 0 Å². The highest BCUT2D eigenvalue weighted by Gasteiger charge is 2.12. The van der Waals surface area contributed by atoms with Gasteiger partial charge in [-0.3, -0.25) is 20.3 Å². The van der Waals surface area contributed by atoms with Crippen LogP contribution < -0.4 is 20.7 Å². The molecule has 0 bridgehead atoms. The molecule has 3 N–H and O–H groups in total. The summed E-state index contributed by atoms with van der Waals surface area (Å²) in [6, 6.07) is 3.95. The molecule has 98 valence electrons. The molecule has 1 amide bonds. The van der Waals surface area contributed by atoms with Gasteiger partial charge in [-0.1, -0.05) is 0 Å². The molecule has 1 aromatic carbocycles. The van der Waals surface area contributed by atoms with Gasteiger partial charge in [0.2, 0.25) is 5.91 Å². The Balaban J connectivity index is 2.71. The van der Waals surface area contributed by atoms with Gasteiger partial charge in [0.1, 0.15) is 0 Å². The number of nitrogens with one attached hydrogen (secondary N) is 1. The Hall–Kier alpha value is -2.35. The number of hydrogen-bond acceptors (Lipinski definition) is 6. The van der Waals surface area contributed by atoms with E-state index in [9.17, 15) is 14.9 Å². The predicted octanol–water partition coefficient (Wildman–Crippen LogP) is 0.362. The second kappa shape index (κ2) is 6.40. The number of methoxy groups -OCH3 is 1. The van der Waals surface area contributed by atoms with Gasteiger partial charge in [0, 0.05) is 6.07 Å². The quantitative estimate of drug-likeness (QED) is 0.328. The zero-order valence-corrected chi connectivity index (χ0v) is 9.71. The highest BCUT2D eigenvalue weighted by Crippen LogP contribution is 2.31. The number of nitro benzene ring substituents is 1. The normalized spacial score (nSPS) is 9.67. The van der Waals surface area contributed by atoms with E-state index in [1.165, 1.54) is 25.3 Å². The second-order valence-electron chi connectivity index (χ2n) is 3.26. The molecule has 18 heavy (non-hydrogen) atoms. The van der Waals surface area contributed by atoms with Gasteiger partial charge >= 0.3 is 0 Å². The highest BCUT2D eigenvalue weighted by molar-refractivity contribution is 5.75. The number of rotatable bonds is 6. The van der Waals surface area contributed by atoms with Gasteiger partial charge in [-0.2, -0.15) is 0 Å². The van der Waals surface area contributed by atoms with Gasteiger partial charge in [0.05, 0.1) is 31.1 Å². The molecule has 0 aliphatic rings. The number of hydrogen-bond donors (Lipinski definition) is 2. The maximum absolute atomic E-state index is 10.9. The number of benzene rings is 1. The summed E-state index contributed by atoms with van der Waals surface area (Å²) in [6.45, 7) is 0.0944. The van der Waals surface area contributed by atoms with Crippen molar-refractivity contribution in [2.45, 2.75) is 6.42 Å². The van der Waals surface area contributed by atoms with Crippen LogP contribution in [-0.2, 0) is 4.79 Å². The van der Waals surface area contributed by atoms with E-state index >= 15 is 0 Å². The topological polar surface area (TPSA) is 117 Å². The largest absolute Gasteiger partial charge is 0.493 e. The molecule has 8 nitrogen and oxygen atoms in total. The molecule has 0 aromatic heterocycles. The molecule has 0 heterocycles. The minimum absolute atomic E-state index is 0.0800. The van der Waals surface area contributed by atoms with Gasteiger partial charge in [0.15, 0.2) is 11.5 Å².